The molecule has 0 aliphatic heterocycles. The smallest absolute Gasteiger partial charge is 0.393 e. The van der Waals surface area contributed by atoms with Gasteiger partial charge in [0.1, 0.15) is 0 Å². The first-order chi connectivity index (χ1) is 13.6. The number of nitrogens with zero attached hydrogens (tertiary/aromatic N) is 1. The summed E-state index contributed by atoms with van der Waals surface area (Å²) < 4.78 is 36.6. The minimum Gasteiger partial charge on any atom is -0.393 e. The third kappa shape index (κ3) is 5.15. The van der Waals surface area contributed by atoms with Crippen LogP contribution < -0.4 is 5.73 Å². The van der Waals surface area contributed by atoms with Crippen molar-refractivity contribution in [2.45, 2.75) is 32.5 Å². The van der Waals surface area contributed by atoms with Crippen LogP contribution in [0.1, 0.15) is 36.5 Å². The Kier molecular flexibility index (Phi) is 5.98. The van der Waals surface area contributed by atoms with Crippen LogP contribution >= 0.6 is 12.2 Å². The Balaban J connectivity index is 1.81. The number of hydrogen-bond acceptors (Lipinski definition) is 3. The highest BCUT2D eigenvalue weighted by Gasteiger charge is 2.61. The number of benzene rings is 2. The van der Waals surface area contributed by atoms with Gasteiger partial charge in [-0.15, -0.1) is 13.2 Å². The molecule has 3 rings (SSSR count). The molecule has 2 aromatic rings. The SMILES string of the molecule is CC1(C)[C@H](C=NOC(F)(F)F)[C@@H]1C(C(N)=S)c1cccc(Cc2ccccc2)c1. The summed E-state index contributed by atoms with van der Waals surface area (Å²) in [4.78, 5) is 3.89. The third-order valence-corrected chi connectivity index (χ3v) is 5.85. The standard InChI is InChI=1S/C22H23F3N2OS/c1-21(2)17(13-27-28-22(23,24)25)19(21)18(20(26)29)16-10-6-9-15(12-16)11-14-7-4-3-5-8-14/h3-10,12-13,17-19H,11H2,1-2H3,(H2,26,29)/t17-,18?,19-/m1/s1. The van der Waals surface area contributed by atoms with E-state index in [0.29, 0.717) is 4.99 Å². The quantitative estimate of drug-likeness (QED) is 0.369. The van der Waals surface area contributed by atoms with Crippen molar-refractivity contribution in [3.05, 3.63) is 71.3 Å². The second-order valence-corrected chi connectivity index (χ2v) is 8.42. The molecule has 1 unspecified atom stereocenters. The van der Waals surface area contributed by atoms with Crippen LogP contribution in [0.4, 0.5) is 13.2 Å². The van der Waals surface area contributed by atoms with Crippen LogP contribution in [0.25, 0.3) is 0 Å². The van der Waals surface area contributed by atoms with Gasteiger partial charge < -0.3 is 5.73 Å². The van der Waals surface area contributed by atoms with E-state index in [9.17, 15) is 13.2 Å². The maximum atomic E-state index is 12.2. The molecule has 0 heterocycles. The van der Waals surface area contributed by atoms with Gasteiger partial charge >= 0.3 is 6.36 Å². The molecule has 0 aromatic heterocycles. The van der Waals surface area contributed by atoms with Crippen molar-refractivity contribution < 1.29 is 18.0 Å². The fraction of sp³-hybridized carbons (Fsp3) is 0.364. The number of alkyl halides is 3. The van der Waals surface area contributed by atoms with E-state index < -0.39 is 6.36 Å². The van der Waals surface area contributed by atoms with Gasteiger partial charge in [0.05, 0.1) is 4.99 Å². The summed E-state index contributed by atoms with van der Waals surface area (Å²) in [5, 5.41) is 3.13. The molecule has 2 aromatic carbocycles. The van der Waals surface area contributed by atoms with Gasteiger partial charge in [-0.2, -0.15) is 0 Å². The lowest BCUT2D eigenvalue weighted by molar-refractivity contribution is -0.325. The average Bonchev–Trinajstić information content (AvgIpc) is 3.15. The Bertz CT molecular complexity index is 896. The van der Waals surface area contributed by atoms with Gasteiger partial charge in [-0.3, -0.25) is 4.84 Å². The molecule has 3 nitrogen and oxygen atoms in total. The van der Waals surface area contributed by atoms with Crippen LogP contribution in [-0.4, -0.2) is 17.6 Å². The first-order valence-corrected chi connectivity index (χ1v) is 9.71. The summed E-state index contributed by atoms with van der Waals surface area (Å²) >= 11 is 5.34. The Morgan fingerprint density at radius 1 is 1.17 bits per heavy atom. The van der Waals surface area contributed by atoms with Crippen LogP contribution in [0.3, 0.4) is 0 Å². The molecule has 0 bridgehead atoms. The van der Waals surface area contributed by atoms with Gasteiger partial charge in [-0.05, 0) is 34.4 Å². The van der Waals surface area contributed by atoms with Gasteiger partial charge in [0.15, 0.2) is 0 Å². The van der Waals surface area contributed by atoms with E-state index in [1.165, 1.54) is 11.8 Å². The van der Waals surface area contributed by atoms with E-state index in [1.807, 2.05) is 50.2 Å². The molecule has 1 fully saturated rings. The molecule has 3 atom stereocenters. The monoisotopic (exact) mass is 420 g/mol. The lowest BCUT2D eigenvalue weighted by Gasteiger charge is -2.19. The molecule has 1 aliphatic rings. The molecule has 0 spiro atoms. The van der Waals surface area contributed by atoms with E-state index in [4.69, 9.17) is 18.0 Å². The Hall–Kier alpha value is -2.41. The van der Waals surface area contributed by atoms with E-state index in [0.717, 1.165) is 17.5 Å². The van der Waals surface area contributed by atoms with Gasteiger partial charge in [-0.25, -0.2) is 0 Å². The second kappa shape index (κ2) is 8.14. The first-order valence-electron chi connectivity index (χ1n) is 9.30. The normalized spacial score (nSPS) is 21.7. The van der Waals surface area contributed by atoms with Crippen molar-refractivity contribution in [1.82, 2.24) is 0 Å². The molecule has 0 radical (unpaired) electrons. The lowest BCUT2D eigenvalue weighted by Crippen LogP contribution is -2.23. The Labute approximate surface area is 173 Å². The van der Waals surface area contributed by atoms with Crippen LogP contribution in [0.15, 0.2) is 59.8 Å². The summed E-state index contributed by atoms with van der Waals surface area (Å²) in [5.74, 6) is -0.514. The minimum absolute atomic E-state index is 0.0486. The molecule has 1 aliphatic carbocycles. The summed E-state index contributed by atoms with van der Waals surface area (Å²) in [5.41, 5.74) is 9.06. The minimum atomic E-state index is -4.79. The molecule has 154 valence electrons. The lowest BCUT2D eigenvalue weighted by atomic mass is 9.88. The maximum Gasteiger partial charge on any atom is 0.593 e. The summed E-state index contributed by atoms with van der Waals surface area (Å²) in [6.45, 7) is 3.95. The summed E-state index contributed by atoms with van der Waals surface area (Å²) in [6, 6.07) is 18.1. The molecule has 0 amide bonds. The van der Waals surface area contributed by atoms with Crippen molar-refractivity contribution in [2.24, 2.45) is 28.1 Å². The fourth-order valence-corrected chi connectivity index (χ4v) is 4.36. The second-order valence-electron chi connectivity index (χ2n) is 7.95. The molecule has 1 saturated carbocycles. The predicted octanol–water partition coefficient (Wildman–Crippen LogP) is 5.44. The Morgan fingerprint density at radius 3 is 2.45 bits per heavy atom. The van der Waals surface area contributed by atoms with Crippen molar-refractivity contribution in [1.29, 1.82) is 0 Å². The predicted molar refractivity (Wildman–Crippen MR) is 112 cm³/mol. The molecule has 7 heteroatoms. The van der Waals surface area contributed by atoms with Crippen LogP contribution in [0.2, 0.25) is 0 Å². The van der Waals surface area contributed by atoms with Crippen molar-refractivity contribution in [3.63, 3.8) is 0 Å². The zero-order valence-electron chi connectivity index (χ0n) is 16.2. The number of halogens is 3. The summed E-state index contributed by atoms with van der Waals surface area (Å²) in [6.07, 6.45) is -2.80. The average molecular weight is 421 g/mol. The van der Waals surface area contributed by atoms with Gasteiger partial charge in [-0.1, -0.05) is 85.8 Å². The molecular weight excluding hydrogens is 397 g/mol. The highest BCUT2D eigenvalue weighted by molar-refractivity contribution is 7.80. The van der Waals surface area contributed by atoms with E-state index in [1.54, 1.807) is 0 Å². The zero-order valence-corrected chi connectivity index (χ0v) is 17.0. The van der Waals surface area contributed by atoms with Crippen molar-refractivity contribution >= 4 is 23.4 Å². The zero-order chi connectivity index (χ0) is 21.2. The first kappa shape index (κ1) is 21.3. The van der Waals surface area contributed by atoms with E-state index in [-0.39, 0.29) is 23.2 Å². The number of nitrogens with two attached hydrogens (primary N) is 1. The number of rotatable bonds is 7. The van der Waals surface area contributed by atoms with Crippen LogP contribution in [0.5, 0.6) is 0 Å². The number of thiocarbonyl (C=S) groups is 1. The Morgan fingerprint density at radius 2 is 1.83 bits per heavy atom. The topological polar surface area (TPSA) is 47.6 Å². The maximum absolute atomic E-state index is 12.2. The van der Waals surface area contributed by atoms with Crippen molar-refractivity contribution in [2.75, 3.05) is 0 Å². The van der Waals surface area contributed by atoms with Gasteiger partial charge in [0, 0.05) is 18.1 Å². The molecule has 0 saturated heterocycles. The number of oxime groups is 1. The van der Waals surface area contributed by atoms with Crippen molar-refractivity contribution in [3.8, 4) is 0 Å². The summed E-state index contributed by atoms with van der Waals surface area (Å²) in [7, 11) is 0. The third-order valence-electron chi connectivity index (χ3n) is 5.60. The fourth-order valence-electron chi connectivity index (χ4n) is 4.07. The highest BCUT2D eigenvalue weighted by Crippen LogP contribution is 2.63. The molecule has 29 heavy (non-hydrogen) atoms. The molecule has 2 N–H and O–H groups in total. The number of hydrogen-bond donors (Lipinski definition) is 1. The van der Waals surface area contributed by atoms with E-state index >= 15 is 0 Å². The molecular formula is C22H23F3N2OS. The largest absolute Gasteiger partial charge is 0.593 e. The van der Waals surface area contributed by atoms with Crippen LogP contribution in [-0.2, 0) is 11.3 Å². The van der Waals surface area contributed by atoms with Gasteiger partial charge in [0.25, 0.3) is 0 Å². The highest BCUT2D eigenvalue weighted by atomic mass is 32.1. The van der Waals surface area contributed by atoms with Crippen LogP contribution in [0, 0.1) is 17.3 Å². The van der Waals surface area contributed by atoms with Gasteiger partial charge in [0.2, 0.25) is 0 Å². The van der Waals surface area contributed by atoms with E-state index in [2.05, 4.69) is 28.2 Å².